The number of benzene rings is 1. The number of carbonyl (C=O) groups excluding carboxylic acids is 1. The van der Waals surface area contributed by atoms with Crippen molar-refractivity contribution in [1.82, 2.24) is 25.4 Å². The average molecular weight is 430 g/mol. The molecule has 1 aliphatic heterocycles. The Kier molecular flexibility index (Phi) is 5.99. The molecule has 0 radical (unpaired) electrons. The summed E-state index contributed by atoms with van der Waals surface area (Å²) in [6, 6.07) is 11.8. The molecule has 10 heteroatoms. The van der Waals surface area contributed by atoms with E-state index in [2.05, 4.69) is 20.1 Å². The number of hydrogen-bond acceptors (Lipinski definition) is 6. The third-order valence-electron chi connectivity index (χ3n) is 5.19. The molecule has 162 valence electrons. The molecule has 3 aromatic rings. The Morgan fingerprint density at radius 1 is 0.968 bits per heavy atom. The van der Waals surface area contributed by atoms with Crippen LogP contribution in [0.3, 0.4) is 0 Å². The molecule has 4 rings (SSSR count). The van der Waals surface area contributed by atoms with Crippen LogP contribution in [0.2, 0.25) is 0 Å². The molecular formula is C21H21F3N6O. The average Bonchev–Trinajstić information content (AvgIpc) is 2.74. The number of rotatable bonds is 5. The van der Waals surface area contributed by atoms with Gasteiger partial charge in [-0.1, -0.05) is 24.3 Å². The Morgan fingerprint density at radius 2 is 1.65 bits per heavy atom. The fraction of sp³-hybridized carbons (Fsp3) is 0.333. The highest BCUT2D eigenvalue weighted by Crippen LogP contribution is 2.27. The van der Waals surface area contributed by atoms with Crippen LogP contribution in [0, 0.1) is 0 Å². The normalized spacial score (nSPS) is 15.3. The molecule has 0 atom stereocenters. The second-order valence-electron chi connectivity index (χ2n) is 7.36. The first-order valence-electron chi connectivity index (χ1n) is 9.87. The maximum Gasteiger partial charge on any atom is 0.484 e. The number of piperazine rings is 1. The van der Waals surface area contributed by atoms with Crippen molar-refractivity contribution < 1.29 is 18.0 Å². The van der Waals surface area contributed by atoms with Crippen LogP contribution in [0.5, 0.6) is 0 Å². The van der Waals surface area contributed by atoms with Gasteiger partial charge in [-0.3, -0.25) is 20.0 Å². The summed E-state index contributed by atoms with van der Waals surface area (Å²) in [7, 11) is 0. The minimum atomic E-state index is -4.70. The van der Waals surface area contributed by atoms with E-state index in [9.17, 15) is 18.0 Å². The molecule has 2 aromatic heterocycles. The Labute approximate surface area is 176 Å². The van der Waals surface area contributed by atoms with Gasteiger partial charge in [0.05, 0.1) is 12.2 Å². The number of halogens is 3. The fourth-order valence-electron chi connectivity index (χ4n) is 3.72. The maximum absolute atomic E-state index is 12.3. The molecule has 1 aliphatic rings. The summed E-state index contributed by atoms with van der Waals surface area (Å²) in [5.41, 5.74) is 1.96. The molecule has 0 spiro atoms. The molecule has 7 nitrogen and oxygen atoms in total. The second-order valence-corrected chi connectivity index (χ2v) is 7.36. The first kappa shape index (κ1) is 21.0. The van der Waals surface area contributed by atoms with Crippen molar-refractivity contribution >= 4 is 22.5 Å². The number of carbonyl (C=O) groups is 1. The van der Waals surface area contributed by atoms with Gasteiger partial charge in [-0.2, -0.15) is 18.3 Å². The van der Waals surface area contributed by atoms with E-state index in [0.29, 0.717) is 32.6 Å². The number of aromatic nitrogens is 3. The minimum absolute atomic E-state index is 0.287. The van der Waals surface area contributed by atoms with Gasteiger partial charge in [-0.05, 0) is 17.7 Å². The summed E-state index contributed by atoms with van der Waals surface area (Å²) in [6.07, 6.45) is -0.578. The van der Waals surface area contributed by atoms with Gasteiger partial charge < -0.3 is 4.90 Å². The predicted molar refractivity (Wildman–Crippen MR) is 109 cm³/mol. The van der Waals surface area contributed by atoms with Crippen LogP contribution in [0.4, 0.5) is 19.0 Å². The van der Waals surface area contributed by atoms with E-state index in [1.165, 1.54) is 0 Å². The molecule has 0 aliphatic carbocycles. The molecule has 0 bridgehead atoms. The number of alkyl halides is 3. The van der Waals surface area contributed by atoms with Crippen molar-refractivity contribution in [2.45, 2.75) is 12.7 Å². The minimum Gasteiger partial charge on any atom is -0.352 e. The monoisotopic (exact) mass is 430 g/mol. The van der Waals surface area contributed by atoms with E-state index in [4.69, 9.17) is 0 Å². The van der Waals surface area contributed by atoms with Crippen molar-refractivity contribution in [3.63, 3.8) is 0 Å². The largest absolute Gasteiger partial charge is 0.484 e. The number of amides is 1. The van der Waals surface area contributed by atoms with E-state index in [-0.39, 0.29) is 6.54 Å². The van der Waals surface area contributed by atoms with E-state index in [1.807, 2.05) is 36.4 Å². The summed E-state index contributed by atoms with van der Waals surface area (Å²) in [4.78, 5) is 19.3. The smallest absolute Gasteiger partial charge is 0.352 e. The lowest BCUT2D eigenvalue weighted by Crippen LogP contribution is -2.51. The topological polar surface area (TPSA) is 74.2 Å². The predicted octanol–water partition coefficient (Wildman–Crippen LogP) is 2.37. The van der Waals surface area contributed by atoms with Gasteiger partial charge in [0, 0.05) is 55.8 Å². The fourth-order valence-corrected chi connectivity index (χ4v) is 3.72. The zero-order chi connectivity index (χ0) is 21.8. The van der Waals surface area contributed by atoms with E-state index < -0.39 is 12.2 Å². The van der Waals surface area contributed by atoms with Crippen LogP contribution in [0.1, 0.15) is 11.3 Å². The molecule has 31 heavy (non-hydrogen) atoms. The van der Waals surface area contributed by atoms with Gasteiger partial charge >= 0.3 is 6.30 Å². The lowest BCUT2D eigenvalue weighted by atomic mass is 10.0. The van der Waals surface area contributed by atoms with Crippen molar-refractivity contribution in [2.24, 2.45) is 0 Å². The highest BCUT2D eigenvalue weighted by Gasteiger charge is 2.31. The number of hydrogen-bond donors (Lipinski definition) is 1. The van der Waals surface area contributed by atoms with Gasteiger partial charge in [0.15, 0.2) is 5.82 Å². The second kappa shape index (κ2) is 8.84. The van der Waals surface area contributed by atoms with Gasteiger partial charge in [0.2, 0.25) is 5.91 Å². The lowest BCUT2D eigenvalue weighted by Gasteiger charge is -2.35. The number of fused-ring (bicyclic) bond motifs is 1. The molecular weight excluding hydrogens is 409 g/mol. The van der Waals surface area contributed by atoms with Crippen LogP contribution in [-0.2, 0) is 11.2 Å². The van der Waals surface area contributed by atoms with Crippen molar-refractivity contribution in [1.29, 1.82) is 0 Å². The Morgan fingerprint density at radius 3 is 2.32 bits per heavy atom. The van der Waals surface area contributed by atoms with Crippen molar-refractivity contribution in [3.8, 4) is 0 Å². The maximum atomic E-state index is 12.3. The van der Waals surface area contributed by atoms with Crippen LogP contribution < -0.4 is 10.2 Å². The van der Waals surface area contributed by atoms with E-state index in [0.717, 1.165) is 33.2 Å². The number of nitrogens with one attached hydrogen (secondary N) is 1. The first-order chi connectivity index (χ1) is 14.9. The third kappa shape index (κ3) is 5.26. The highest BCUT2D eigenvalue weighted by molar-refractivity contribution is 5.93. The standard InChI is InChI=1S/C21H21F3N6O/c22-21(23,24)26-19(31)14-29-9-11-30(12-10-29)20-17-4-2-1-3-16(17)18(27-28-20)13-15-5-7-25-8-6-15/h1-8H,9-14H2,(H,26,31). The van der Waals surface area contributed by atoms with Gasteiger partial charge in [-0.25, -0.2) is 0 Å². The Bertz CT molecular complexity index is 1050. The zero-order valence-electron chi connectivity index (χ0n) is 16.6. The molecule has 0 saturated carbocycles. The Balaban J connectivity index is 1.47. The van der Waals surface area contributed by atoms with Crippen LogP contribution >= 0.6 is 0 Å². The SMILES string of the molecule is O=C(CN1CCN(c2nnc(Cc3ccncc3)c3ccccc23)CC1)NC(F)(F)F. The van der Waals surface area contributed by atoms with Crippen LogP contribution in [0.25, 0.3) is 10.8 Å². The number of pyridine rings is 1. The molecule has 0 unspecified atom stereocenters. The summed E-state index contributed by atoms with van der Waals surface area (Å²) >= 11 is 0. The van der Waals surface area contributed by atoms with Gasteiger partial charge in [0.25, 0.3) is 0 Å². The summed E-state index contributed by atoms with van der Waals surface area (Å²) in [5.74, 6) is -0.305. The zero-order valence-corrected chi connectivity index (χ0v) is 16.6. The number of nitrogens with zero attached hydrogens (tertiary/aromatic N) is 5. The number of anilines is 1. The third-order valence-corrected chi connectivity index (χ3v) is 5.19. The van der Waals surface area contributed by atoms with E-state index in [1.54, 1.807) is 17.3 Å². The first-order valence-corrected chi connectivity index (χ1v) is 9.87. The van der Waals surface area contributed by atoms with Crippen LogP contribution in [-0.4, -0.2) is 65.0 Å². The summed E-state index contributed by atoms with van der Waals surface area (Å²) in [6.45, 7) is 1.72. The quantitative estimate of drug-likeness (QED) is 0.627. The van der Waals surface area contributed by atoms with Gasteiger partial charge in [-0.15, -0.1) is 5.10 Å². The lowest BCUT2D eigenvalue weighted by molar-refractivity contribution is -0.170. The van der Waals surface area contributed by atoms with Crippen LogP contribution in [0.15, 0.2) is 48.8 Å². The highest BCUT2D eigenvalue weighted by atomic mass is 19.4. The molecule has 1 fully saturated rings. The summed E-state index contributed by atoms with van der Waals surface area (Å²) in [5, 5.41) is 12.0. The summed E-state index contributed by atoms with van der Waals surface area (Å²) < 4.78 is 36.9. The van der Waals surface area contributed by atoms with Crippen molar-refractivity contribution in [2.75, 3.05) is 37.6 Å². The molecule has 1 saturated heterocycles. The molecule has 1 N–H and O–H groups in total. The molecule has 1 amide bonds. The Hall–Kier alpha value is -3.27. The van der Waals surface area contributed by atoms with Gasteiger partial charge in [0.1, 0.15) is 0 Å². The van der Waals surface area contributed by atoms with Crippen molar-refractivity contribution in [3.05, 3.63) is 60.0 Å². The molecule has 3 heterocycles. The molecule has 1 aromatic carbocycles. The van der Waals surface area contributed by atoms with E-state index >= 15 is 0 Å².